The number of H-pyrrole nitrogens is 2. The van der Waals surface area contributed by atoms with Crippen molar-refractivity contribution >= 4 is 38.7 Å². The second-order valence-corrected chi connectivity index (χ2v) is 7.35. The van der Waals surface area contributed by atoms with Crippen LogP contribution >= 0.6 is 11.6 Å². The summed E-state index contributed by atoms with van der Waals surface area (Å²) in [6.07, 6.45) is 3.30. The number of hydrogen-bond donors (Lipinski definition) is 5. The first-order valence-corrected chi connectivity index (χ1v) is 9.81. The molecule has 5 N–H and O–H groups in total. The van der Waals surface area contributed by atoms with Crippen molar-refractivity contribution in [3.63, 3.8) is 0 Å². The van der Waals surface area contributed by atoms with Crippen LogP contribution in [0, 0.1) is 4.91 Å². The van der Waals surface area contributed by atoms with E-state index in [-0.39, 0.29) is 21.2 Å². The molecule has 0 unspecified atom stereocenters. The first-order valence-electron chi connectivity index (χ1n) is 8.03. The van der Waals surface area contributed by atoms with Crippen LogP contribution in [0.15, 0.2) is 15.7 Å². The summed E-state index contributed by atoms with van der Waals surface area (Å²) in [4.78, 5) is 41.2. The zero-order valence-electron chi connectivity index (χ0n) is 14.4. The maximum Gasteiger partial charge on any atom is 0.394 e. The van der Waals surface area contributed by atoms with E-state index in [0.29, 0.717) is 17.6 Å². The second kappa shape index (κ2) is 8.79. The Morgan fingerprint density at radius 3 is 2.18 bits per heavy atom. The number of aromatic nitrogens is 2. The number of rotatable bonds is 3. The Morgan fingerprint density at radius 1 is 1.11 bits per heavy atom. The van der Waals surface area contributed by atoms with E-state index in [4.69, 9.17) is 29.1 Å². The van der Waals surface area contributed by atoms with Gasteiger partial charge in [-0.3, -0.25) is 23.6 Å². The number of nitrogens with one attached hydrogen (secondary N) is 2. The van der Waals surface area contributed by atoms with Gasteiger partial charge in [-0.2, -0.15) is 8.42 Å². The number of halogens is 1. The minimum Gasteiger partial charge on any atom is -0.316 e. The van der Waals surface area contributed by atoms with Crippen molar-refractivity contribution in [1.82, 2.24) is 14.9 Å². The molecule has 1 fully saturated rings. The summed E-state index contributed by atoms with van der Waals surface area (Å²) in [6, 6.07) is 1.24. The molecule has 0 spiro atoms. The molecule has 0 radical (unpaired) electrons. The van der Waals surface area contributed by atoms with Gasteiger partial charge in [-0.15, -0.1) is 0 Å². The predicted octanol–water partition coefficient (Wildman–Crippen LogP) is 1.00. The lowest BCUT2D eigenvalue weighted by molar-refractivity contribution is -0.729. The van der Waals surface area contributed by atoms with Crippen LogP contribution in [0.2, 0.25) is 5.02 Å². The highest BCUT2D eigenvalue weighted by atomic mass is 35.5. The molecular weight excluding hydrogens is 420 g/mol. The fourth-order valence-electron chi connectivity index (χ4n) is 2.92. The minimum atomic E-state index is -4.67. The fraction of sp³-hybridized carbons (Fsp3) is 0.429. The molecule has 1 aromatic heterocycles. The largest absolute Gasteiger partial charge is 0.394 e. The van der Waals surface area contributed by atoms with Crippen LogP contribution in [0.5, 0.6) is 0 Å². The average Bonchev–Trinajstić information content (AvgIpc) is 2.58. The van der Waals surface area contributed by atoms with E-state index in [1.807, 2.05) is 0 Å². The molecule has 1 aromatic carbocycles. The van der Waals surface area contributed by atoms with Crippen molar-refractivity contribution < 1.29 is 27.7 Å². The van der Waals surface area contributed by atoms with Crippen molar-refractivity contribution in [2.24, 2.45) is 0 Å². The van der Waals surface area contributed by atoms with Gasteiger partial charge in [0.05, 0.1) is 15.9 Å². The summed E-state index contributed by atoms with van der Waals surface area (Å²) < 4.78 is 31.6. The number of nitrogens with zero attached hydrogens (tertiary/aromatic N) is 2. The third-order valence-electron chi connectivity index (χ3n) is 4.07. The lowest BCUT2D eigenvalue weighted by Gasteiger charge is -2.27. The summed E-state index contributed by atoms with van der Waals surface area (Å²) in [5, 5.41) is 9.29. The number of aromatic amines is 2. The maximum absolute atomic E-state index is 11.6. The fourth-order valence-corrected chi connectivity index (χ4v) is 3.20. The van der Waals surface area contributed by atoms with Gasteiger partial charge in [0.1, 0.15) is 5.02 Å². The molecule has 154 valence electrons. The molecule has 12 nitrogen and oxygen atoms in total. The van der Waals surface area contributed by atoms with Crippen LogP contribution in [0.1, 0.15) is 24.8 Å². The molecular formula is C14H18ClN4O8S+. The summed E-state index contributed by atoms with van der Waals surface area (Å²) in [7, 11) is -4.67. The Hall–Kier alpha value is -2.32. The Labute approximate surface area is 162 Å². The molecule has 0 amide bonds. The van der Waals surface area contributed by atoms with Gasteiger partial charge in [0.25, 0.3) is 4.92 Å². The Kier molecular flexibility index (Phi) is 6.90. The van der Waals surface area contributed by atoms with Gasteiger partial charge in [-0.05, 0) is 25.9 Å². The summed E-state index contributed by atoms with van der Waals surface area (Å²) in [5.41, 5.74) is -0.667. The SMILES string of the molecule is O=S(=O)(O)O.O=c1[nH]c2cc([N+](=O)O)c(Cl)c(CN3CCCCC3)c2[nH]c1=O. The zero-order valence-corrected chi connectivity index (χ0v) is 16.0. The van der Waals surface area contributed by atoms with E-state index in [9.17, 15) is 19.7 Å². The van der Waals surface area contributed by atoms with Gasteiger partial charge < -0.3 is 9.97 Å². The summed E-state index contributed by atoms with van der Waals surface area (Å²) in [6.45, 7) is 2.19. The number of hydrogen-bond acceptors (Lipinski definition) is 6. The van der Waals surface area contributed by atoms with E-state index >= 15 is 0 Å². The van der Waals surface area contributed by atoms with Gasteiger partial charge in [-0.25, -0.2) is 5.21 Å². The van der Waals surface area contributed by atoms with Crippen molar-refractivity contribution in [3.05, 3.63) is 42.3 Å². The van der Waals surface area contributed by atoms with Crippen LogP contribution in [0.4, 0.5) is 5.69 Å². The van der Waals surface area contributed by atoms with Gasteiger partial charge in [0, 0.05) is 18.2 Å². The highest BCUT2D eigenvalue weighted by Gasteiger charge is 2.26. The van der Waals surface area contributed by atoms with Crippen LogP contribution in [0.3, 0.4) is 0 Å². The van der Waals surface area contributed by atoms with Crippen LogP contribution in [-0.4, -0.2) is 55.6 Å². The Morgan fingerprint density at radius 2 is 1.64 bits per heavy atom. The molecule has 0 bridgehead atoms. The van der Waals surface area contributed by atoms with E-state index in [1.54, 1.807) is 0 Å². The first kappa shape index (κ1) is 22.0. The molecule has 14 heteroatoms. The molecule has 28 heavy (non-hydrogen) atoms. The van der Waals surface area contributed by atoms with Crippen LogP contribution in [0.25, 0.3) is 11.0 Å². The lowest BCUT2D eigenvalue weighted by Crippen LogP contribution is -2.31. The highest BCUT2D eigenvalue weighted by Crippen LogP contribution is 2.33. The molecule has 0 atom stereocenters. The predicted molar refractivity (Wildman–Crippen MR) is 98.6 cm³/mol. The molecule has 0 aliphatic carbocycles. The quantitative estimate of drug-likeness (QED) is 0.265. The molecule has 2 heterocycles. The van der Waals surface area contributed by atoms with E-state index in [1.165, 1.54) is 12.5 Å². The molecule has 1 aliphatic heterocycles. The number of fused-ring (bicyclic) bond motifs is 1. The van der Waals surface area contributed by atoms with Crippen molar-refractivity contribution in [3.8, 4) is 0 Å². The van der Waals surface area contributed by atoms with E-state index in [2.05, 4.69) is 14.9 Å². The smallest absolute Gasteiger partial charge is 0.316 e. The molecule has 2 aromatic rings. The Balaban J connectivity index is 0.000000500. The topological polar surface area (TPSA) is 184 Å². The van der Waals surface area contributed by atoms with Crippen LogP contribution in [-0.2, 0) is 16.9 Å². The molecule has 1 aliphatic rings. The standard InChI is InChI=1S/C14H15ClN4O4.H2O4S/c15-11-8(7-18-4-2-1-3-5-18)12-9(6-10(11)19(22)23)16-13(20)14(21)17-12;1-5(2,3)4/h6H,1-5,7H2,(H2-,16,17,20,21,22,23);(H2,1,2,3,4)/p+1. The number of likely N-dealkylation sites (tertiary alicyclic amines) is 1. The van der Waals surface area contributed by atoms with Gasteiger partial charge in [0.2, 0.25) is 0 Å². The minimum absolute atomic E-state index is 0.0586. The summed E-state index contributed by atoms with van der Waals surface area (Å²) in [5.74, 6) is 0. The third kappa shape index (κ3) is 5.84. The van der Waals surface area contributed by atoms with E-state index < -0.39 is 21.5 Å². The van der Waals surface area contributed by atoms with Crippen LogP contribution < -0.4 is 11.1 Å². The summed E-state index contributed by atoms with van der Waals surface area (Å²) >= 11 is 6.25. The van der Waals surface area contributed by atoms with Gasteiger partial charge >= 0.3 is 27.2 Å². The number of piperidine rings is 1. The van der Waals surface area contributed by atoms with Gasteiger partial charge in [-0.1, -0.05) is 18.0 Å². The van der Waals surface area contributed by atoms with Crippen molar-refractivity contribution in [1.29, 1.82) is 0 Å². The number of benzene rings is 1. The van der Waals surface area contributed by atoms with Gasteiger partial charge in [0.15, 0.2) is 0 Å². The maximum atomic E-state index is 11.6. The normalized spacial score (nSPS) is 15.1. The molecule has 1 saturated heterocycles. The van der Waals surface area contributed by atoms with Crippen molar-refractivity contribution in [2.45, 2.75) is 25.8 Å². The highest BCUT2D eigenvalue weighted by molar-refractivity contribution is 7.79. The third-order valence-corrected chi connectivity index (χ3v) is 4.49. The molecule has 0 saturated carbocycles. The van der Waals surface area contributed by atoms with Crippen molar-refractivity contribution in [2.75, 3.05) is 13.1 Å². The molecule has 3 rings (SSSR count). The average molecular weight is 438 g/mol. The van der Waals surface area contributed by atoms with E-state index in [0.717, 1.165) is 25.9 Å². The lowest BCUT2D eigenvalue weighted by atomic mass is 10.1. The Bertz CT molecular complexity index is 1100. The monoisotopic (exact) mass is 437 g/mol. The second-order valence-electron chi connectivity index (χ2n) is 6.08. The first-order chi connectivity index (χ1) is 13.0. The zero-order chi connectivity index (χ0) is 21.1.